The summed E-state index contributed by atoms with van der Waals surface area (Å²) in [6, 6.07) is 17.8. The first-order valence-electron chi connectivity index (χ1n) is 6.71. The van der Waals surface area contributed by atoms with Crippen LogP contribution in [0.5, 0.6) is 0 Å². The largest absolute Gasteiger partial charge is 0.306 e. The summed E-state index contributed by atoms with van der Waals surface area (Å²) in [6.45, 7) is 2.49. The van der Waals surface area contributed by atoms with E-state index in [1.54, 1.807) is 0 Å². The molecule has 1 amide bonds. The lowest BCUT2D eigenvalue weighted by Gasteiger charge is -2.22. The molecule has 0 saturated carbocycles. The van der Waals surface area contributed by atoms with Gasteiger partial charge in [0.15, 0.2) is 0 Å². The van der Waals surface area contributed by atoms with Gasteiger partial charge in [-0.15, -0.1) is 0 Å². The minimum Gasteiger partial charge on any atom is -0.306 e. The topological polar surface area (TPSA) is 32.7 Å². The standard InChI is InChI=1S/C17H16N2O/c1-13-11-17(20)19(12-14-7-3-2-4-8-14)16-10-6-5-9-15(16)18-13/h2-10H,11-12H2,1H3. The Bertz CT molecular complexity index is 662. The summed E-state index contributed by atoms with van der Waals surface area (Å²) in [6.07, 6.45) is 0.377. The maximum atomic E-state index is 12.4. The number of hydrogen-bond donors (Lipinski definition) is 0. The average molecular weight is 264 g/mol. The van der Waals surface area contributed by atoms with Crippen LogP contribution in [0, 0.1) is 0 Å². The van der Waals surface area contributed by atoms with Crippen molar-refractivity contribution >= 4 is 23.0 Å². The SMILES string of the molecule is CC1=Nc2ccccc2N(Cc2ccccc2)C(=O)C1. The Balaban J connectivity index is 2.01. The van der Waals surface area contributed by atoms with E-state index < -0.39 is 0 Å². The average Bonchev–Trinajstić information content (AvgIpc) is 2.57. The third-order valence-electron chi connectivity index (χ3n) is 3.38. The highest BCUT2D eigenvalue weighted by Gasteiger charge is 2.22. The molecule has 2 aromatic carbocycles. The van der Waals surface area contributed by atoms with Gasteiger partial charge in [-0.1, -0.05) is 42.5 Å². The van der Waals surface area contributed by atoms with Crippen LogP contribution in [0.4, 0.5) is 11.4 Å². The van der Waals surface area contributed by atoms with Crippen LogP contribution in [0.1, 0.15) is 18.9 Å². The molecule has 0 saturated heterocycles. The lowest BCUT2D eigenvalue weighted by molar-refractivity contribution is -0.117. The lowest BCUT2D eigenvalue weighted by atomic mass is 10.1. The van der Waals surface area contributed by atoms with Crippen LogP contribution in [-0.2, 0) is 11.3 Å². The van der Waals surface area contributed by atoms with Gasteiger partial charge in [-0.05, 0) is 24.6 Å². The molecule has 20 heavy (non-hydrogen) atoms. The van der Waals surface area contributed by atoms with Gasteiger partial charge in [0.05, 0.1) is 24.3 Å². The van der Waals surface area contributed by atoms with Gasteiger partial charge in [0.2, 0.25) is 5.91 Å². The molecule has 1 heterocycles. The molecule has 3 heteroatoms. The molecule has 100 valence electrons. The summed E-state index contributed by atoms with van der Waals surface area (Å²) in [5, 5.41) is 0. The van der Waals surface area contributed by atoms with Gasteiger partial charge in [0, 0.05) is 5.71 Å². The second-order valence-electron chi connectivity index (χ2n) is 4.98. The first-order chi connectivity index (χ1) is 9.74. The van der Waals surface area contributed by atoms with E-state index in [2.05, 4.69) is 4.99 Å². The Kier molecular flexibility index (Phi) is 3.33. The smallest absolute Gasteiger partial charge is 0.233 e. The Morgan fingerprint density at radius 1 is 1.05 bits per heavy atom. The number of rotatable bonds is 2. The van der Waals surface area contributed by atoms with Gasteiger partial charge < -0.3 is 4.90 Å². The van der Waals surface area contributed by atoms with Crippen molar-refractivity contribution < 1.29 is 4.79 Å². The molecule has 0 aromatic heterocycles. The quantitative estimate of drug-likeness (QED) is 0.813. The fourth-order valence-corrected chi connectivity index (χ4v) is 2.42. The van der Waals surface area contributed by atoms with Gasteiger partial charge in [-0.3, -0.25) is 9.79 Å². The predicted octanol–water partition coefficient (Wildman–Crippen LogP) is 3.72. The van der Waals surface area contributed by atoms with E-state index >= 15 is 0 Å². The highest BCUT2D eigenvalue weighted by molar-refractivity contribution is 6.10. The zero-order chi connectivity index (χ0) is 13.9. The van der Waals surface area contributed by atoms with E-state index in [1.165, 1.54) is 0 Å². The van der Waals surface area contributed by atoms with E-state index in [-0.39, 0.29) is 5.91 Å². The van der Waals surface area contributed by atoms with Crippen molar-refractivity contribution in [2.45, 2.75) is 19.9 Å². The molecule has 2 aromatic rings. The summed E-state index contributed by atoms with van der Waals surface area (Å²) < 4.78 is 0. The number of fused-ring (bicyclic) bond motifs is 1. The highest BCUT2D eigenvalue weighted by Crippen LogP contribution is 2.32. The first-order valence-corrected chi connectivity index (χ1v) is 6.71. The van der Waals surface area contributed by atoms with Crippen LogP contribution in [0.25, 0.3) is 0 Å². The molecule has 0 radical (unpaired) electrons. The number of nitrogens with zero attached hydrogens (tertiary/aromatic N) is 2. The molecule has 0 spiro atoms. The molecule has 0 N–H and O–H groups in total. The molecule has 0 bridgehead atoms. The number of para-hydroxylation sites is 2. The molecule has 0 atom stereocenters. The monoisotopic (exact) mass is 264 g/mol. The van der Waals surface area contributed by atoms with Crippen LogP contribution in [-0.4, -0.2) is 11.6 Å². The van der Waals surface area contributed by atoms with E-state index in [1.807, 2.05) is 66.4 Å². The number of aliphatic imine (C=N–C) groups is 1. The Labute approximate surface area is 118 Å². The van der Waals surface area contributed by atoms with Gasteiger partial charge in [-0.25, -0.2) is 0 Å². The van der Waals surface area contributed by atoms with Crippen LogP contribution in [0.2, 0.25) is 0 Å². The fourth-order valence-electron chi connectivity index (χ4n) is 2.42. The molecule has 0 aliphatic carbocycles. The molecule has 0 unspecified atom stereocenters. The number of hydrogen-bond acceptors (Lipinski definition) is 2. The molecular weight excluding hydrogens is 248 g/mol. The van der Waals surface area contributed by atoms with Crippen molar-refractivity contribution in [3.63, 3.8) is 0 Å². The maximum absolute atomic E-state index is 12.4. The lowest BCUT2D eigenvalue weighted by Crippen LogP contribution is -2.30. The molecule has 3 nitrogen and oxygen atoms in total. The third-order valence-corrected chi connectivity index (χ3v) is 3.38. The fraction of sp³-hybridized carbons (Fsp3) is 0.176. The second-order valence-corrected chi connectivity index (χ2v) is 4.98. The third kappa shape index (κ3) is 2.48. The number of carbonyl (C=O) groups is 1. The molecule has 3 rings (SSSR count). The Morgan fingerprint density at radius 2 is 1.75 bits per heavy atom. The van der Waals surface area contributed by atoms with Gasteiger partial charge >= 0.3 is 0 Å². The molecule has 1 aliphatic heterocycles. The highest BCUT2D eigenvalue weighted by atomic mass is 16.2. The molecule has 1 aliphatic rings. The summed E-state index contributed by atoms with van der Waals surface area (Å²) >= 11 is 0. The van der Waals surface area contributed by atoms with Crippen LogP contribution in [0.15, 0.2) is 59.6 Å². The predicted molar refractivity (Wildman–Crippen MR) is 81.5 cm³/mol. The molecular formula is C17H16N2O. The summed E-state index contributed by atoms with van der Waals surface area (Å²) in [5.41, 5.74) is 3.73. The zero-order valence-electron chi connectivity index (χ0n) is 11.4. The second kappa shape index (κ2) is 5.29. The molecule has 0 fully saturated rings. The number of carbonyl (C=O) groups excluding carboxylic acids is 1. The number of amides is 1. The number of benzene rings is 2. The van der Waals surface area contributed by atoms with Gasteiger partial charge in [-0.2, -0.15) is 0 Å². The van der Waals surface area contributed by atoms with Crippen LogP contribution in [0.3, 0.4) is 0 Å². The Morgan fingerprint density at radius 3 is 2.55 bits per heavy atom. The minimum atomic E-state index is 0.0973. The maximum Gasteiger partial charge on any atom is 0.233 e. The van der Waals surface area contributed by atoms with Crippen molar-refractivity contribution in [1.29, 1.82) is 0 Å². The minimum absolute atomic E-state index is 0.0973. The van der Waals surface area contributed by atoms with Crippen molar-refractivity contribution in [2.24, 2.45) is 4.99 Å². The van der Waals surface area contributed by atoms with E-state index in [9.17, 15) is 4.79 Å². The van der Waals surface area contributed by atoms with Crippen molar-refractivity contribution in [3.8, 4) is 0 Å². The zero-order valence-corrected chi connectivity index (χ0v) is 11.4. The van der Waals surface area contributed by atoms with Gasteiger partial charge in [0.1, 0.15) is 0 Å². The summed E-state index contributed by atoms with van der Waals surface area (Å²) in [7, 11) is 0. The van der Waals surface area contributed by atoms with Gasteiger partial charge in [0.25, 0.3) is 0 Å². The van der Waals surface area contributed by atoms with Crippen molar-refractivity contribution in [2.75, 3.05) is 4.90 Å². The summed E-state index contributed by atoms with van der Waals surface area (Å²) in [5.74, 6) is 0.0973. The van der Waals surface area contributed by atoms with Crippen molar-refractivity contribution in [1.82, 2.24) is 0 Å². The number of anilines is 1. The Hall–Kier alpha value is -2.42. The normalized spacial score (nSPS) is 14.6. The van der Waals surface area contributed by atoms with Crippen LogP contribution >= 0.6 is 0 Å². The van der Waals surface area contributed by atoms with E-state index in [4.69, 9.17) is 0 Å². The van der Waals surface area contributed by atoms with E-state index in [0.717, 1.165) is 22.6 Å². The summed E-state index contributed by atoms with van der Waals surface area (Å²) in [4.78, 5) is 18.8. The van der Waals surface area contributed by atoms with E-state index in [0.29, 0.717) is 13.0 Å². The van der Waals surface area contributed by atoms with Crippen molar-refractivity contribution in [3.05, 3.63) is 60.2 Å². The van der Waals surface area contributed by atoms with Crippen LogP contribution < -0.4 is 4.90 Å². The first kappa shape index (κ1) is 12.6.